The number of hydrogen-bond acceptors (Lipinski definition) is 4. The summed E-state index contributed by atoms with van der Waals surface area (Å²) < 4.78 is 6.63. The summed E-state index contributed by atoms with van der Waals surface area (Å²) in [6, 6.07) is 121. The quantitative estimate of drug-likeness (QED) is 0.108. The number of rotatable bonds is 14. The van der Waals surface area contributed by atoms with Crippen LogP contribution >= 0.6 is 0 Å². The Kier molecular flexibility index (Phi) is 14.0. The van der Waals surface area contributed by atoms with E-state index in [1.807, 2.05) is 6.07 Å². The average Bonchev–Trinajstić information content (AvgIpc) is 3.88. The summed E-state index contributed by atoms with van der Waals surface area (Å²) in [5.41, 5.74) is 24.7. The summed E-state index contributed by atoms with van der Waals surface area (Å²) in [4.78, 5) is 7.27. The Labute approximate surface area is 514 Å². The van der Waals surface area contributed by atoms with Crippen LogP contribution in [0.25, 0.3) is 88.3 Å². The highest BCUT2D eigenvalue weighted by molar-refractivity contribution is 6.10. The van der Waals surface area contributed by atoms with E-state index in [1.54, 1.807) is 0 Å². The van der Waals surface area contributed by atoms with Crippen molar-refractivity contribution < 1.29 is 4.42 Å². The third-order valence-corrected chi connectivity index (χ3v) is 16.9. The van der Waals surface area contributed by atoms with Crippen molar-refractivity contribution in [3.05, 3.63) is 345 Å². The first-order valence-corrected chi connectivity index (χ1v) is 30.1. The lowest BCUT2D eigenvalue weighted by Crippen LogP contribution is -2.16. The van der Waals surface area contributed by atoms with Gasteiger partial charge in [0.15, 0.2) is 0 Å². The molecule has 418 valence electrons. The van der Waals surface area contributed by atoms with Crippen LogP contribution in [0.4, 0.5) is 51.2 Å². The lowest BCUT2D eigenvalue weighted by Gasteiger charge is -2.33. The maximum Gasteiger partial charge on any atom is 0.143 e. The molecule has 0 spiro atoms. The molecular weight excluding hydrogens is 1070 g/mol. The Morgan fingerprint density at radius 3 is 1.08 bits per heavy atom. The van der Waals surface area contributed by atoms with Crippen molar-refractivity contribution in [1.82, 2.24) is 0 Å². The molecule has 0 aliphatic heterocycles. The van der Waals surface area contributed by atoms with Crippen LogP contribution in [0.2, 0.25) is 0 Å². The van der Waals surface area contributed by atoms with Gasteiger partial charge in [0.25, 0.3) is 0 Å². The van der Waals surface area contributed by atoms with Crippen LogP contribution in [0.1, 0.15) is 11.1 Å². The highest BCUT2D eigenvalue weighted by Gasteiger charge is 2.25. The van der Waals surface area contributed by atoms with Crippen molar-refractivity contribution in [3.8, 4) is 55.6 Å². The maximum absolute atomic E-state index is 6.63. The topological polar surface area (TPSA) is 22.9 Å². The molecule has 0 atom stereocenters. The monoisotopic (exact) mass is 1130 g/mol. The van der Waals surface area contributed by atoms with Gasteiger partial charge in [-0.15, -0.1) is 0 Å². The summed E-state index contributed by atoms with van der Waals surface area (Å²) in [7, 11) is 0. The minimum absolute atomic E-state index is 0.881. The third kappa shape index (κ3) is 10.4. The number of nitrogens with zero attached hydrogens (tertiary/aromatic N) is 3. The first kappa shape index (κ1) is 53.3. The molecule has 0 amide bonds. The van der Waals surface area contributed by atoms with Crippen LogP contribution in [0.3, 0.4) is 0 Å². The minimum atomic E-state index is 0.881. The Bertz CT molecular complexity index is 4760. The van der Waals surface area contributed by atoms with Crippen LogP contribution in [-0.4, -0.2) is 0 Å². The standard InChI is InChI=1S/C84H61N3O/c1-58-17-13-25-68(53-58)64-37-47-72(48-38-64)85(70-43-33-62(34-44-70)60-19-5-3-6-20-60)75-55-76(86(71-45-35-63(36-46-71)61-21-7-4-8-22-61)73-49-39-65(40-50-73)69-26-14-18-59(2)54-69)57-77(56-75)87(82-31-15-24-66-23-9-10-27-78(66)82)74-51-41-67(42-52-74)79-29-16-30-81-80-28-11-12-32-83(80)88-84(79)81/h3-57H,1-2H3. The predicted octanol–water partition coefficient (Wildman–Crippen LogP) is 24.1. The van der Waals surface area contributed by atoms with Crippen molar-refractivity contribution in [3.63, 3.8) is 0 Å². The molecule has 0 radical (unpaired) electrons. The Hall–Kier alpha value is -11.5. The van der Waals surface area contributed by atoms with E-state index >= 15 is 0 Å². The summed E-state index contributed by atoms with van der Waals surface area (Å²) in [6.45, 7) is 4.31. The van der Waals surface area contributed by atoms with Crippen molar-refractivity contribution >= 4 is 83.9 Å². The maximum atomic E-state index is 6.63. The number of para-hydroxylation sites is 2. The molecule has 15 aromatic rings. The van der Waals surface area contributed by atoms with E-state index in [-0.39, 0.29) is 0 Å². The average molecular weight is 1130 g/mol. The molecule has 4 heteroatoms. The second-order valence-electron chi connectivity index (χ2n) is 22.7. The molecule has 0 N–H and O–H groups in total. The van der Waals surface area contributed by atoms with Gasteiger partial charge in [-0.3, -0.25) is 0 Å². The van der Waals surface area contributed by atoms with Gasteiger partial charge in [-0.1, -0.05) is 254 Å². The largest absolute Gasteiger partial charge is 0.455 e. The molecule has 14 aromatic carbocycles. The van der Waals surface area contributed by atoms with E-state index in [1.165, 1.54) is 33.4 Å². The molecule has 15 rings (SSSR count). The van der Waals surface area contributed by atoms with E-state index < -0.39 is 0 Å². The van der Waals surface area contributed by atoms with Crippen LogP contribution in [0, 0.1) is 13.8 Å². The van der Waals surface area contributed by atoms with E-state index in [0.717, 1.165) is 117 Å². The van der Waals surface area contributed by atoms with E-state index in [9.17, 15) is 0 Å². The zero-order valence-electron chi connectivity index (χ0n) is 49.0. The summed E-state index contributed by atoms with van der Waals surface area (Å²) in [6.07, 6.45) is 0. The molecule has 0 fully saturated rings. The Morgan fingerprint density at radius 1 is 0.227 bits per heavy atom. The SMILES string of the molecule is Cc1cccc(-c2ccc(N(c3ccc(-c4ccccc4)cc3)c3cc(N(c4ccc(-c5ccccc5)cc4)c4ccc(-c5cccc(C)c5)cc4)cc(N(c4ccc(-c5cccc6c5oc5ccccc56)cc4)c4cccc5ccccc45)c3)cc2)c1. The lowest BCUT2D eigenvalue weighted by molar-refractivity contribution is 0.670. The number of anilines is 9. The Morgan fingerprint density at radius 2 is 0.580 bits per heavy atom. The van der Waals surface area contributed by atoms with Gasteiger partial charge in [-0.05, 0) is 160 Å². The minimum Gasteiger partial charge on any atom is -0.455 e. The van der Waals surface area contributed by atoms with Gasteiger partial charge in [0, 0.05) is 50.2 Å². The molecule has 0 saturated carbocycles. The van der Waals surface area contributed by atoms with Gasteiger partial charge >= 0.3 is 0 Å². The molecule has 88 heavy (non-hydrogen) atoms. The van der Waals surface area contributed by atoms with Crippen molar-refractivity contribution in [2.24, 2.45) is 0 Å². The summed E-state index contributed by atoms with van der Waals surface area (Å²) in [5.74, 6) is 0. The normalized spacial score (nSPS) is 11.3. The molecule has 0 unspecified atom stereocenters. The molecule has 1 aromatic heterocycles. The van der Waals surface area contributed by atoms with E-state index in [0.29, 0.717) is 0 Å². The highest BCUT2D eigenvalue weighted by atomic mass is 16.3. The second-order valence-corrected chi connectivity index (χ2v) is 22.7. The number of furan rings is 1. The molecule has 4 nitrogen and oxygen atoms in total. The fourth-order valence-corrected chi connectivity index (χ4v) is 12.6. The zero-order valence-corrected chi connectivity index (χ0v) is 49.0. The van der Waals surface area contributed by atoms with Crippen molar-refractivity contribution in [2.45, 2.75) is 13.8 Å². The predicted molar refractivity (Wildman–Crippen MR) is 372 cm³/mol. The summed E-state index contributed by atoms with van der Waals surface area (Å²) >= 11 is 0. The highest BCUT2D eigenvalue weighted by Crippen LogP contribution is 2.49. The molecule has 0 bridgehead atoms. The number of benzene rings is 14. The van der Waals surface area contributed by atoms with Gasteiger partial charge in [-0.25, -0.2) is 0 Å². The van der Waals surface area contributed by atoms with E-state index in [2.05, 4.69) is 356 Å². The van der Waals surface area contributed by atoms with E-state index in [4.69, 9.17) is 4.42 Å². The van der Waals surface area contributed by atoms with Gasteiger partial charge in [-0.2, -0.15) is 0 Å². The molecule has 1 heterocycles. The Balaban J connectivity index is 0.974. The first-order valence-electron chi connectivity index (χ1n) is 30.1. The molecule has 0 saturated heterocycles. The van der Waals surface area contributed by atoms with Gasteiger partial charge < -0.3 is 19.1 Å². The number of fused-ring (bicyclic) bond motifs is 4. The lowest BCUT2D eigenvalue weighted by atomic mass is 10.0. The van der Waals surface area contributed by atoms with Crippen LogP contribution in [0.15, 0.2) is 338 Å². The van der Waals surface area contributed by atoms with Gasteiger partial charge in [0.2, 0.25) is 0 Å². The number of hydrogen-bond donors (Lipinski definition) is 0. The number of aryl methyl sites for hydroxylation is 2. The zero-order chi connectivity index (χ0) is 58.9. The molecule has 0 aliphatic rings. The summed E-state index contributed by atoms with van der Waals surface area (Å²) in [5, 5.41) is 4.50. The van der Waals surface area contributed by atoms with Crippen molar-refractivity contribution in [1.29, 1.82) is 0 Å². The fourth-order valence-electron chi connectivity index (χ4n) is 12.6. The van der Waals surface area contributed by atoms with Crippen LogP contribution in [-0.2, 0) is 0 Å². The molecule has 0 aliphatic carbocycles. The smallest absolute Gasteiger partial charge is 0.143 e. The van der Waals surface area contributed by atoms with Crippen molar-refractivity contribution in [2.75, 3.05) is 14.7 Å². The van der Waals surface area contributed by atoms with Gasteiger partial charge in [0.05, 0.1) is 22.7 Å². The molecular formula is C84H61N3O. The second kappa shape index (κ2) is 23.2. The van der Waals surface area contributed by atoms with Gasteiger partial charge in [0.1, 0.15) is 11.2 Å². The first-order chi connectivity index (χ1) is 43.4. The van der Waals surface area contributed by atoms with Crippen LogP contribution < -0.4 is 14.7 Å². The third-order valence-electron chi connectivity index (χ3n) is 16.9. The van der Waals surface area contributed by atoms with Crippen LogP contribution in [0.5, 0.6) is 0 Å². The fraction of sp³-hybridized carbons (Fsp3) is 0.0238.